The Kier molecular flexibility index (Phi) is 5.74. The molecule has 0 radical (unpaired) electrons. The molecule has 2 nitrogen and oxygen atoms in total. The Labute approximate surface area is 106 Å². The van der Waals surface area contributed by atoms with Crippen molar-refractivity contribution in [1.82, 2.24) is 0 Å². The van der Waals surface area contributed by atoms with Crippen LogP contribution in [0.1, 0.15) is 19.4 Å². The lowest BCUT2D eigenvalue weighted by atomic mass is 10.2. The van der Waals surface area contributed by atoms with Gasteiger partial charge in [0.2, 0.25) is 7.37 Å². The van der Waals surface area contributed by atoms with Gasteiger partial charge in [0.1, 0.15) is 0 Å². The first-order chi connectivity index (χ1) is 7.59. The molecule has 1 rings (SSSR count). The van der Waals surface area contributed by atoms with Crippen LogP contribution in [0.2, 0.25) is 0 Å². The predicted molar refractivity (Wildman–Crippen MR) is 72.5 cm³/mol. The topological polar surface area (TPSA) is 26.3 Å². The van der Waals surface area contributed by atoms with E-state index in [1.54, 1.807) is 0 Å². The van der Waals surface area contributed by atoms with Gasteiger partial charge in [0.05, 0.1) is 6.61 Å². The van der Waals surface area contributed by atoms with Gasteiger partial charge in [0, 0.05) is 16.8 Å². The number of hydrogen-bond donors (Lipinski definition) is 0. The predicted octanol–water partition coefficient (Wildman–Crippen LogP) is 4.33. The molecule has 1 aromatic carbocycles. The van der Waals surface area contributed by atoms with Crippen molar-refractivity contribution in [3.63, 3.8) is 0 Å². The van der Waals surface area contributed by atoms with E-state index in [9.17, 15) is 4.57 Å². The van der Waals surface area contributed by atoms with E-state index in [1.165, 1.54) is 5.56 Å². The fourth-order valence-electron chi connectivity index (χ4n) is 1.39. The van der Waals surface area contributed by atoms with Crippen LogP contribution in [0, 0.1) is 0 Å². The van der Waals surface area contributed by atoms with Crippen LogP contribution in [0.25, 0.3) is 0 Å². The van der Waals surface area contributed by atoms with Crippen LogP contribution in [0.3, 0.4) is 0 Å². The van der Waals surface area contributed by atoms with E-state index in [-0.39, 0.29) is 0 Å². The summed E-state index contributed by atoms with van der Waals surface area (Å²) in [5.74, 6) is 0. The quantitative estimate of drug-likeness (QED) is 0.731. The van der Waals surface area contributed by atoms with Crippen molar-refractivity contribution in [2.45, 2.75) is 20.3 Å². The molecule has 0 aliphatic heterocycles. The molecule has 0 aliphatic rings. The van der Waals surface area contributed by atoms with Gasteiger partial charge in [-0.25, -0.2) is 0 Å². The lowest BCUT2D eigenvalue weighted by Crippen LogP contribution is -2.00. The van der Waals surface area contributed by atoms with Crippen LogP contribution in [-0.2, 0) is 15.5 Å². The van der Waals surface area contributed by atoms with Crippen molar-refractivity contribution in [3.8, 4) is 0 Å². The van der Waals surface area contributed by atoms with E-state index >= 15 is 0 Å². The van der Waals surface area contributed by atoms with Gasteiger partial charge < -0.3 is 4.52 Å². The van der Waals surface area contributed by atoms with Crippen LogP contribution in [0.4, 0.5) is 0 Å². The van der Waals surface area contributed by atoms with Gasteiger partial charge in [-0.2, -0.15) is 0 Å². The zero-order valence-corrected chi connectivity index (χ0v) is 12.3. The monoisotopic (exact) mass is 304 g/mol. The summed E-state index contributed by atoms with van der Waals surface area (Å²) < 4.78 is 18.5. The molecule has 0 unspecified atom stereocenters. The van der Waals surface area contributed by atoms with Gasteiger partial charge in [-0.3, -0.25) is 4.57 Å². The molecule has 0 saturated carbocycles. The minimum atomic E-state index is -2.34. The lowest BCUT2D eigenvalue weighted by molar-refractivity contribution is 0.318. The number of rotatable bonds is 6. The van der Waals surface area contributed by atoms with Gasteiger partial charge in [-0.15, -0.1) is 0 Å². The molecule has 0 spiro atoms. The highest BCUT2D eigenvalue weighted by molar-refractivity contribution is 9.10. The minimum absolute atomic E-state index is 0.542. The molecule has 90 valence electrons. The third kappa shape index (κ3) is 4.40. The van der Waals surface area contributed by atoms with Crippen LogP contribution in [0.15, 0.2) is 28.7 Å². The molecule has 16 heavy (non-hydrogen) atoms. The molecular formula is C12H18BrO2P. The largest absolute Gasteiger partial charge is 0.328 e. The zero-order valence-electron chi connectivity index (χ0n) is 9.78. The molecule has 1 aromatic rings. The van der Waals surface area contributed by atoms with E-state index in [4.69, 9.17) is 4.52 Å². The molecule has 0 saturated heterocycles. The zero-order chi connectivity index (χ0) is 12.0. The highest BCUT2D eigenvalue weighted by atomic mass is 79.9. The summed E-state index contributed by atoms with van der Waals surface area (Å²) in [5.41, 5.74) is 1.21. The number of benzene rings is 1. The molecule has 0 aromatic heterocycles. The maximum Gasteiger partial charge on any atom is 0.202 e. The fraction of sp³-hybridized carbons (Fsp3) is 0.500. The van der Waals surface area contributed by atoms with Crippen LogP contribution < -0.4 is 0 Å². The van der Waals surface area contributed by atoms with E-state index in [0.717, 1.165) is 10.9 Å². The Morgan fingerprint density at radius 2 is 1.75 bits per heavy atom. The maximum absolute atomic E-state index is 12.0. The summed E-state index contributed by atoms with van der Waals surface area (Å²) in [4.78, 5) is 0. The van der Waals surface area contributed by atoms with Crippen LogP contribution in [-0.4, -0.2) is 18.9 Å². The number of halogens is 1. The van der Waals surface area contributed by atoms with Crippen molar-refractivity contribution < 1.29 is 9.09 Å². The average Bonchev–Trinajstić information content (AvgIpc) is 2.31. The van der Waals surface area contributed by atoms with Gasteiger partial charge in [-0.1, -0.05) is 41.9 Å². The summed E-state index contributed by atoms with van der Waals surface area (Å²) in [6.07, 6.45) is 2.07. The third-order valence-electron chi connectivity index (χ3n) is 2.59. The van der Waals surface area contributed by atoms with Crippen molar-refractivity contribution in [3.05, 3.63) is 34.3 Å². The highest BCUT2D eigenvalue weighted by Gasteiger charge is 2.16. The second-order valence-corrected chi connectivity index (χ2v) is 7.72. The van der Waals surface area contributed by atoms with Gasteiger partial charge in [0.15, 0.2) is 0 Å². The summed E-state index contributed by atoms with van der Waals surface area (Å²) in [6, 6.07) is 8.12. The van der Waals surface area contributed by atoms with E-state index in [1.807, 2.05) is 26.0 Å². The first kappa shape index (κ1) is 14.0. The highest BCUT2D eigenvalue weighted by Crippen LogP contribution is 2.45. The van der Waals surface area contributed by atoms with Crippen molar-refractivity contribution >= 4 is 23.3 Å². The molecule has 4 heteroatoms. The van der Waals surface area contributed by atoms with Gasteiger partial charge >= 0.3 is 0 Å². The first-order valence-electron chi connectivity index (χ1n) is 5.56. The average molecular weight is 305 g/mol. The number of hydrogen-bond acceptors (Lipinski definition) is 2. The second kappa shape index (κ2) is 6.58. The molecular weight excluding hydrogens is 287 g/mol. The third-order valence-corrected chi connectivity index (χ3v) is 5.70. The van der Waals surface area contributed by atoms with Gasteiger partial charge in [0.25, 0.3) is 0 Å². The van der Waals surface area contributed by atoms with Gasteiger partial charge in [-0.05, 0) is 24.1 Å². The van der Waals surface area contributed by atoms with Crippen molar-refractivity contribution in [1.29, 1.82) is 0 Å². The Morgan fingerprint density at radius 1 is 1.19 bits per heavy atom. The maximum atomic E-state index is 12.0. The minimum Gasteiger partial charge on any atom is -0.328 e. The molecule has 0 heterocycles. The Morgan fingerprint density at radius 3 is 2.25 bits per heavy atom. The molecule has 0 amide bonds. The Hall–Kier alpha value is -0.110. The normalized spacial score (nSPS) is 11.7. The standard InChI is InChI=1S/C12H18BrO2P/c1-3-16(14,4-2)15-10-9-11-5-7-12(13)8-6-11/h5-8H,3-4,9-10H2,1-2H3. The molecule has 0 fully saturated rings. The summed E-state index contributed by atoms with van der Waals surface area (Å²) in [7, 11) is -2.34. The second-order valence-electron chi connectivity index (χ2n) is 3.66. The van der Waals surface area contributed by atoms with Crippen molar-refractivity contribution in [2.75, 3.05) is 18.9 Å². The molecule has 0 aliphatic carbocycles. The Balaban J connectivity index is 2.41. The van der Waals surface area contributed by atoms with Crippen molar-refractivity contribution in [2.24, 2.45) is 0 Å². The summed E-state index contributed by atoms with van der Waals surface area (Å²) in [6.45, 7) is 4.38. The first-order valence-corrected chi connectivity index (χ1v) is 8.35. The van der Waals surface area contributed by atoms with E-state index < -0.39 is 7.37 Å². The Bertz CT molecular complexity index is 354. The summed E-state index contributed by atoms with van der Waals surface area (Å²) >= 11 is 3.39. The SMILES string of the molecule is CCP(=O)(CC)OCCc1ccc(Br)cc1. The van der Waals surface area contributed by atoms with E-state index in [2.05, 4.69) is 28.1 Å². The lowest BCUT2D eigenvalue weighted by Gasteiger charge is -2.14. The smallest absolute Gasteiger partial charge is 0.202 e. The molecule has 0 bridgehead atoms. The molecule has 0 atom stereocenters. The summed E-state index contributed by atoms with van der Waals surface area (Å²) in [5, 5.41) is 0. The van der Waals surface area contributed by atoms with E-state index in [0.29, 0.717) is 18.9 Å². The van der Waals surface area contributed by atoms with Crippen LogP contribution in [0.5, 0.6) is 0 Å². The molecule has 0 N–H and O–H groups in total. The fourth-order valence-corrected chi connectivity index (χ4v) is 2.89. The van der Waals surface area contributed by atoms with Crippen LogP contribution >= 0.6 is 23.3 Å².